The molecule has 1 heterocycles. The SMILES string of the molecule is C#Cc1nc(NC(=O)NC(CO)c2ccc(-c3ccccc3)cc2C2(O)CCC2)cs1. The number of aromatic nitrogens is 1. The summed E-state index contributed by atoms with van der Waals surface area (Å²) in [5.41, 5.74) is 2.50. The lowest BCUT2D eigenvalue weighted by atomic mass is 9.72. The van der Waals surface area contributed by atoms with E-state index in [2.05, 4.69) is 21.5 Å². The molecule has 1 fully saturated rings. The molecule has 1 aliphatic rings. The third-order valence-electron chi connectivity index (χ3n) is 5.58. The summed E-state index contributed by atoms with van der Waals surface area (Å²) in [6.45, 7) is -0.312. The van der Waals surface area contributed by atoms with Crippen LogP contribution in [0.4, 0.5) is 10.6 Å². The average Bonchev–Trinajstić information content (AvgIpc) is 3.23. The van der Waals surface area contributed by atoms with E-state index in [0.717, 1.165) is 23.1 Å². The number of nitrogens with zero attached hydrogens (tertiary/aromatic N) is 1. The number of aliphatic hydroxyl groups excluding tert-OH is 1. The number of urea groups is 1. The van der Waals surface area contributed by atoms with Gasteiger partial charge in [-0.05, 0) is 53.5 Å². The molecule has 0 spiro atoms. The molecule has 158 valence electrons. The number of terminal acetylenes is 1. The molecule has 6 nitrogen and oxygen atoms in total. The summed E-state index contributed by atoms with van der Waals surface area (Å²) in [4.78, 5) is 16.6. The lowest BCUT2D eigenvalue weighted by Gasteiger charge is -2.39. The van der Waals surface area contributed by atoms with E-state index in [9.17, 15) is 15.0 Å². The zero-order valence-electron chi connectivity index (χ0n) is 16.8. The molecule has 0 saturated heterocycles. The van der Waals surface area contributed by atoms with E-state index < -0.39 is 17.7 Å². The number of aliphatic hydroxyl groups is 2. The van der Waals surface area contributed by atoms with Gasteiger partial charge in [0.25, 0.3) is 0 Å². The molecule has 7 heteroatoms. The van der Waals surface area contributed by atoms with Gasteiger partial charge in [0.1, 0.15) is 5.82 Å². The van der Waals surface area contributed by atoms with E-state index in [1.54, 1.807) is 5.38 Å². The van der Waals surface area contributed by atoms with Crippen LogP contribution in [0.25, 0.3) is 11.1 Å². The molecule has 3 aromatic rings. The van der Waals surface area contributed by atoms with Gasteiger partial charge in [-0.15, -0.1) is 17.8 Å². The van der Waals surface area contributed by atoms with Gasteiger partial charge in [-0.1, -0.05) is 42.5 Å². The Bertz CT molecular complexity index is 1120. The van der Waals surface area contributed by atoms with E-state index in [-0.39, 0.29) is 6.61 Å². The van der Waals surface area contributed by atoms with Crippen LogP contribution in [0.15, 0.2) is 53.9 Å². The molecule has 1 atom stereocenters. The van der Waals surface area contributed by atoms with Gasteiger partial charge in [0.2, 0.25) is 0 Å². The van der Waals surface area contributed by atoms with Crippen LogP contribution in [0.1, 0.15) is 41.4 Å². The summed E-state index contributed by atoms with van der Waals surface area (Å²) in [5, 5.41) is 28.7. The van der Waals surface area contributed by atoms with Gasteiger partial charge in [-0.25, -0.2) is 9.78 Å². The van der Waals surface area contributed by atoms with Crippen molar-refractivity contribution >= 4 is 23.2 Å². The van der Waals surface area contributed by atoms with Crippen LogP contribution in [-0.2, 0) is 5.60 Å². The van der Waals surface area contributed by atoms with Crippen molar-refractivity contribution in [2.24, 2.45) is 0 Å². The maximum absolute atomic E-state index is 12.5. The fourth-order valence-electron chi connectivity index (χ4n) is 3.78. The minimum absolute atomic E-state index is 0.312. The Morgan fingerprint density at radius 1 is 1.23 bits per heavy atom. The first-order valence-corrected chi connectivity index (χ1v) is 10.9. The first-order valence-electron chi connectivity index (χ1n) is 10.0. The maximum atomic E-state index is 12.5. The topological polar surface area (TPSA) is 94.5 Å². The monoisotopic (exact) mass is 433 g/mol. The van der Waals surface area contributed by atoms with Crippen LogP contribution in [0.2, 0.25) is 0 Å². The average molecular weight is 434 g/mol. The third kappa shape index (κ3) is 4.47. The highest BCUT2D eigenvalue weighted by Gasteiger charge is 2.39. The maximum Gasteiger partial charge on any atom is 0.320 e. The molecule has 1 unspecified atom stereocenters. The molecule has 0 bridgehead atoms. The fraction of sp³-hybridized carbons (Fsp3) is 0.250. The van der Waals surface area contributed by atoms with Gasteiger partial charge in [0, 0.05) is 5.38 Å². The van der Waals surface area contributed by atoms with Crippen LogP contribution in [0.3, 0.4) is 0 Å². The molecular formula is C24H23N3O3S. The number of nitrogens with one attached hydrogen (secondary N) is 2. The summed E-state index contributed by atoms with van der Waals surface area (Å²) in [6.07, 6.45) is 7.55. The molecule has 4 N–H and O–H groups in total. The number of carbonyl (C=O) groups excluding carboxylic acids is 1. The summed E-state index contributed by atoms with van der Waals surface area (Å²) in [5.74, 6) is 2.77. The summed E-state index contributed by atoms with van der Waals surface area (Å²) in [6, 6.07) is 14.5. The standard InChI is InChI=1S/C24H23N3O3S/c1-2-22-26-21(15-31-22)27-23(29)25-20(14-28)18-10-9-17(16-7-4-3-5-8-16)13-19(18)24(30)11-6-12-24/h1,3-5,7-10,13,15,20,28,30H,6,11-12,14H2,(H2,25,27,29). The lowest BCUT2D eigenvalue weighted by Crippen LogP contribution is -2.39. The Morgan fingerprint density at radius 3 is 2.61 bits per heavy atom. The molecule has 0 aliphatic heterocycles. The van der Waals surface area contributed by atoms with Crippen molar-refractivity contribution < 1.29 is 15.0 Å². The van der Waals surface area contributed by atoms with E-state index in [1.165, 1.54) is 11.3 Å². The van der Waals surface area contributed by atoms with E-state index in [4.69, 9.17) is 6.42 Å². The summed E-state index contributed by atoms with van der Waals surface area (Å²) in [7, 11) is 0. The highest BCUT2D eigenvalue weighted by Crippen LogP contribution is 2.45. The molecule has 1 aromatic heterocycles. The van der Waals surface area contributed by atoms with Crippen molar-refractivity contribution in [3.05, 3.63) is 70.0 Å². The van der Waals surface area contributed by atoms with Crippen LogP contribution in [0.5, 0.6) is 0 Å². The van der Waals surface area contributed by atoms with Crippen molar-refractivity contribution in [3.63, 3.8) is 0 Å². The highest BCUT2D eigenvalue weighted by molar-refractivity contribution is 7.10. The van der Waals surface area contributed by atoms with Crippen LogP contribution < -0.4 is 10.6 Å². The number of benzene rings is 2. The molecule has 1 aliphatic carbocycles. The second kappa shape index (κ2) is 8.90. The minimum Gasteiger partial charge on any atom is -0.394 e. The van der Waals surface area contributed by atoms with Crippen molar-refractivity contribution in [1.29, 1.82) is 0 Å². The van der Waals surface area contributed by atoms with Gasteiger partial charge >= 0.3 is 6.03 Å². The largest absolute Gasteiger partial charge is 0.394 e. The first-order chi connectivity index (χ1) is 15.0. The predicted molar refractivity (Wildman–Crippen MR) is 122 cm³/mol. The summed E-state index contributed by atoms with van der Waals surface area (Å²) < 4.78 is 0. The van der Waals surface area contributed by atoms with Gasteiger partial charge in [-0.2, -0.15) is 0 Å². The molecule has 2 amide bonds. The second-order valence-electron chi connectivity index (χ2n) is 7.57. The molecule has 31 heavy (non-hydrogen) atoms. The Hall–Kier alpha value is -3.18. The molecular weight excluding hydrogens is 410 g/mol. The Morgan fingerprint density at radius 2 is 2.00 bits per heavy atom. The number of hydrogen-bond donors (Lipinski definition) is 4. The van der Waals surface area contributed by atoms with Crippen LogP contribution in [-0.4, -0.2) is 27.8 Å². The van der Waals surface area contributed by atoms with E-state index in [0.29, 0.717) is 29.2 Å². The zero-order chi connectivity index (χ0) is 21.8. The Balaban J connectivity index is 1.61. The second-order valence-corrected chi connectivity index (χ2v) is 8.43. The van der Waals surface area contributed by atoms with Crippen molar-refractivity contribution in [2.45, 2.75) is 30.9 Å². The van der Waals surface area contributed by atoms with Crippen molar-refractivity contribution in [2.75, 3.05) is 11.9 Å². The molecule has 1 saturated carbocycles. The number of amides is 2. The fourth-order valence-corrected chi connectivity index (χ4v) is 4.34. The highest BCUT2D eigenvalue weighted by atomic mass is 32.1. The smallest absolute Gasteiger partial charge is 0.320 e. The van der Waals surface area contributed by atoms with Gasteiger partial charge < -0.3 is 15.5 Å². The predicted octanol–water partition coefficient (Wildman–Crippen LogP) is 4.02. The van der Waals surface area contributed by atoms with E-state index >= 15 is 0 Å². The minimum atomic E-state index is -0.956. The number of carbonyl (C=O) groups is 1. The summed E-state index contributed by atoms with van der Waals surface area (Å²) >= 11 is 1.26. The number of rotatable bonds is 6. The van der Waals surface area contributed by atoms with Crippen LogP contribution in [0, 0.1) is 12.3 Å². The molecule has 4 rings (SSSR count). The quantitative estimate of drug-likeness (QED) is 0.442. The van der Waals surface area contributed by atoms with Gasteiger partial charge in [0.05, 0.1) is 18.2 Å². The van der Waals surface area contributed by atoms with Crippen molar-refractivity contribution in [1.82, 2.24) is 10.3 Å². The molecule has 0 radical (unpaired) electrons. The number of hydrogen-bond acceptors (Lipinski definition) is 5. The van der Waals surface area contributed by atoms with Crippen molar-refractivity contribution in [3.8, 4) is 23.5 Å². The van der Waals surface area contributed by atoms with Crippen LogP contribution >= 0.6 is 11.3 Å². The van der Waals surface area contributed by atoms with E-state index in [1.807, 2.05) is 48.5 Å². The Kier molecular flexibility index (Phi) is 6.05. The van der Waals surface area contributed by atoms with Gasteiger partial charge in [-0.3, -0.25) is 5.32 Å². The lowest BCUT2D eigenvalue weighted by molar-refractivity contribution is -0.0400. The Labute approximate surface area is 185 Å². The first kappa shape index (κ1) is 21.1. The van der Waals surface area contributed by atoms with Gasteiger partial charge in [0.15, 0.2) is 5.01 Å². The zero-order valence-corrected chi connectivity index (χ0v) is 17.7. The normalized spacial score (nSPS) is 15.4. The molecule has 2 aromatic carbocycles. The number of thiazole rings is 1. The third-order valence-corrected chi connectivity index (χ3v) is 6.35. The number of anilines is 1.